The molecule has 1 rings (SSSR count). The molecule has 0 heterocycles. The summed E-state index contributed by atoms with van der Waals surface area (Å²) in [6.07, 6.45) is 3.07. The fourth-order valence-corrected chi connectivity index (χ4v) is 8.42. The number of nitrogens with zero attached hydrogens (tertiary/aromatic N) is 1. The summed E-state index contributed by atoms with van der Waals surface area (Å²) in [6, 6.07) is 7.41. The van der Waals surface area contributed by atoms with Gasteiger partial charge in [0.05, 0.1) is 0 Å². The highest BCUT2D eigenvalue weighted by Gasteiger charge is 2.44. The van der Waals surface area contributed by atoms with Crippen molar-refractivity contribution in [2.75, 3.05) is 14.1 Å². The zero-order chi connectivity index (χ0) is 22.0. The van der Waals surface area contributed by atoms with Gasteiger partial charge < -0.3 is 9.64 Å². The minimum atomic E-state index is -1.14. The van der Waals surface area contributed by atoms with Crippen molar-refractivity contribution in [3.63, 3.8) is 0 Å². The lowest BCUT2D eigenvalue weighted by atomic mass is 9.90. The molecule has 1 aromatic rings. The highest BCUT2D eigenvalue weighted by molar-refractivity contribution is 6.64. The molecule has 160 valence electrons. The first-order chi connectivity index (χ1) is 12.5. The van der Waals surface area contributed by atoms with Crippen LogP contribution < -0.4 is 4.74 Å². The Morgan fingerprint density at radius 3 is 1.79 bits per heavy atom. The first-order valence-electron chi connectivity index (χ1n) is 10.4. The van der Waals surface area contributed by atoms with Crippen LogP contribution >= 0.6 is 0 Å². The van der Waals surface area contributed by atoms with E-state index in [2.05, 4.69) is 80.9 Å². The van der Waals surface area contributed by atoms with E-state index in [0.29, 0.717) is 10.6 Å². The number of rotatable bonds is 10. The van der Waals surface area contributed by atoms with Gasteiger partial charge in [-0.15, -0.1) is 0 Å². The maximum atomic E-state index is 10.9. The van der Waals surface area contributed by atoms with Gasteiger partial charge in [-0.25, -0.2) is 0 Å². The van der Waals surface area contributed by atoms with Crippen LogP contribution in [0.2, 0.25) is 16.6 Å². The topological polar surface area (TPSA) is 29.5 Å². The monoisotopic (exact) mass is 405 g/mol. The van der Waals surface area contributed by atoms with Gasteiger partial charge in [-0.2, -0.15) is 0 Å². The van der Waals surface area contributed by atoms with Crippen LogP contribution in [0.5, 0.6) is 5.75 Å². The maximum Gasteiger partial charge on any atom is 0.150 e. The van der Waals surface area contributed by atoms with E-state index in [1.54, 1.807) is 0 Å². The second kappa shape index (κ2) is 8.70. The summed E-state index contributed by atoms with van der Waals surface area (Å²) in [5, 5.41) is 0.580. The van der Waals surface area contributed by atoms with Crippen molar-refractivity contribution in [3.8, 4) is 5.75 Å². The molecule has 0 radical (unpaired) electrons. The standard InChI is InChI=1S/C24H43NO2Si/c1-21(2,25(9)10)17-23(5,6)28(11)24(7,8)18-22(3,4)27-20-14-12-19(16-26)13-15-20/h12-16,28H,17-18H2,1-11H3. The van der Waals surface area contributed by atoms with Crippen molar-refractivity contribution < 1.29 is 9.53 Å². The molecule has 0 aliphatic heterocycles. The SMILES string of the molecule is CN(C)C(C)(C)CC(C)(C)[SiH](C)C(C)(C)CC(C)(C)Oc1ccc(C=O)cc1. The largest absolute Gasteiger partial charge is 0.488 e. The molecule has 1 atom stereocenters. The van der Waals surface area contributed by atoms with E-state index < -0.39 is 8.80 Å². The Hall–Kier alpha value is -1.13. The number of ether oxygens (including phenoxy) is 1. The Kier molecular flexibility index (Phi) is 7.74. The molecule has 0 aliphatic rings. The third-order valence-corrected chi connectivity index (χ3v) is 11.8. The summed E-state index contributed by atoms with van der Waals surface area (Å²) in [4.78, 5) is 13.2. The van der Waals surface area contributed by atoms with E-state index in [1.165, 1.54) is 6.42 Å². The summed E-state index contributed by atoms with van der Waals surface area (Å²) >= 11 is 0. The molecule has 1 unspecified atom stereocenters. The van der Waals surface area contributed by atoms with Crippen molar-refractivity contribution in [1.29, 1.82) is 0 Å². The van der Waals surface area contributed by atoms with Gasteiger partial charge >= 0.3 is 0 Å². The Morgan fingerprint density at radius 1 is 0.893 bits per heavy atom. The predicted molar refractivity (Wildman–Crippen MR) is 125 cm³/mol. The number of aldehydes is 1. The van der Waals surface area contributed by atoms with Gasteiger partial charge in [-0.05, 0) is 89.0 Å². The molecule has 0 spiro atoms. The number of benzene rings is 1. The number of hydrogen-bond acceptors (Lipinski definition) is 3. The molecule has 0 saturated heterocycles. The maximum absolute atomic E-state index is 10.9. The van der Waals surface area contributed by atoms with Gasteiger partial charge in [0.2, 0.25) is 0 Å². The smallest absolute Gasteiger partial charge is 0.150 e. The van der Waals surface area contributed by atoms with Crippen LogP contribution in [0, 0.1) is 0 Å². The highest BCUT2D eigenvalue weighted by Crippen LogP contribution is 2.51. The number of hydrogen-bond donors (Lipinski definition) is 0. The van der Waals surface area contributed by atoms with E-state index >= 15 is 0 Å². The summed E-state index contributed by atoms with van der Waals surface area (Å²) in [5.74, 6) is 0.828. The minimum absolute atomic E-state index is 0.188. The number of carbonyl (C=O) groups excluding carboxylic acids is 1. The molecule has 0 aromatic heterocycles. The second-order valence-electron chi connectivity index (χ2n) is 11.3. The van der Waals surface area contributed by atoms with Crippen LogP contribution in [0.3, 0.4) is 0 Å². The average Bonchev–Trinajstić information content (AvgIpc) is 2.52. The zero-order valence-corrected chi connectivity index (χ0v) is 21.3. The van der Waals surface area contributed by atoms with Crippen LogP contribution in [-0.2, 0) is 0 Å². The molecule has 0 amide bonds. The summed E-state index contributed by atoms with van der Waals surface area (Å²) in [5.41, 5.74) is 0.602. The molecule has 0 saturated carbocycles. The zero-order valence-electron chi connectivity index (χ0n) is 20.1. The van der Waals surface area contributed by atoms with Gasteiger partial charge in [-0.1, -0.05) is 34.2 Å². The minimum Gasteiger partial charge on any atom is -0.488 e. The van der Waals surface area contributed by atoms with E-state index in [1.807, 2.05) is 24.3 Å². The van der Waals surface area contributed by atoms with Crippen molar-refractivity contribution in [3.05, 3.63) is 29.8 Å². The summed E-state index contributed by atoms with van der Waals surface area (Å²) in [7, 11) is 3.23. The van der Waals surface area contributed by atoms with E-state index in [9.17, 15) is 4.79 Å². The van der Waals surface area contributed by atoms with Gasteiger partial charge in [0.1, 0.15) is 17.6 Å². The summed E-state index contributed by atoms with van der Waals surface area (Å²) < 4.78 is 6.34. The first-order valence-corrected chi connectivity index (χ1v) is 12.8. The third kappa shape index (κ3) is 6.73. The van der Waals surface area contributed by atoms with Crippen molar-refractivity contribution in [1.82, 2.24) is 4.90 Å². The molecule has 3 nitrogen and oxygen atoms in total. The first kappa shape index (κ1) is 24.9. The Bertz CT molecular complexity index is 645. The third-order valence-electron chi connectivity index (χ3n) is 6.73. The van der Waals surface area contributed by atoms with Crippen LogP contribution in [0.15, 0.2) is 24.3 Å². The van der Waals surface area contributed by atoms with Gasteiger partial charge in [0.25, 0.3) is 0 Å². The van der Waals surface area contributed by atoms with E-state index in [4.69, 9.17) is 4.74 Å². The molecule has 4 heteroatoms. The average molecular weight is 406 g/mol. The van der Waals surface area contributed by atoms with E-state index in [-0.39, 0.29) is 16.2 Å². The quantitative estimate of drug-likeness (QED) is 0.343. The van der Waals surface area contributed by atoms with Crippen LogP contribution in [0.1, 0.15) is 78.6 Å². The van der Waals surface area contributed by atoms with Crippen molar-refractivity contribution in [2.24, 2.45) is 0 Å². The molecule has 1 aromatic carbocycles. The lowest BCUT2D eigenvalue weighted by Crippen LogP contribution is -2.47. The molecule has 0 aliphatic carbocycles. The van der Waals surface area contributed by atoms with Crippen LogP contribution in [0.25, 0.3) is 0 Å². The Morgan fingerprint density at radius 2 is 1.36 bits per heavy atom. The molecule has 0 N–H and O–H groups in total. The molecule has 0 fully saturated rings. The van der Waals surface area contributed by atoms with Gasteiger partial charge in [-0.3, -0.25) is 4.79 Å². The summed E-state index contributed by atoms with van der Waals surface area (Å²) in [6.45, 7) is 21.4. The lowest BCUT2D eigenvalue weighted by Gasteiger charge is -2.48. The molecule has 0 bridgehead atoms. The molecular formula is C24H43NO2Si. The molecular weight excluding hydrogens is 362 g/mol. The normalized spacial score (nSPS) is 14.9. The van der Waals surface area contributed by atoms with Crippen molar-refractivity contribution >= 4 is 15.1 Å². The van der Waals surface area contributed by atoms with Crippen LogP contribution in [-0.4, -0.2) is 45.2 Å². The predicted octanol–water partition coefficient (Wildman–Crippen LogP) is 6.19. The fourth-order valence-electron chi connectivity index (χ4n) is 4.70. The lowest BCUT2D eigenvalue weighted by molar-refractivity contribution is 0.0862. The molecule has 28 heavy (non-hydrogen) atoms. The van der Waals surface area contributed by atoms with Crippen molar-refractivity contribution in [2.45, 2.75) is 96.0 Å². The van der Waals surface area contributed by atoms with Gasteiger partial charge in [0, 0.05) is 19.9 Å². The Labute approximate surface area is 175 Å². The Balaban J connectivity index is 2.92. The highest BCUT2D eigenvalue weighted by atomic mass is 28.3. The van der Waals surface area contributed by atoms with Gasteiger partial charge in [0.15, 0.2) is 0 Å². The van der Waals surface area contributed by atoms with E-state index in [0.717, 1.165) is 18.5 Å². The number of carbonyl (C=O) groups is 1. The second-order valence-corrected chi connectivity index (χ2v) is 15.9. The fraction of sp³-hybridized carbons (Fsp3) is 0.708. The van der Waals surface area contributed by atoms with Crippen LogP contribution in [0.4, 0.5) is 0 Å².